The number of anilines is 2. The summed E-state index contributed by atoms with van der Waals surface area (Å²) >= 11 is 0. The number of halogens is 3. The number of imide groups is 2. The first-order chi connectivity index (χ1) is 26.4. The molecule has 0 fully saturated rings. The van der Waals surface area contributed by atoms with Crippen molar-refractivity contribution < 1.29 is 41.8 Å². The molecule has 1 atom stereocenters. The fourth-order valence-electron chi connectivity index (χ4n) is 6.80. The zero-order valence-electron chi connectivity index (χ0n) is 29.0. The van der Waals surface area contributed by atoms with Crippen molar-refractivity contribution >= 4 is 35.0 Å². The third kappa shape index (κ3) is 6.29. The van der Waals surface area contributed by atoms with Gasteiger partial charge in [-0.2, -0.15) is 13.2 Å². The van der Waals surface area contributed by atoms with Crippen molar-refractivity contribution in [1.29, 1.82) is 0 Å². The minimum atomic E-state index is -4.82. The van der Waals surface area contributed by atoms with Crippen molar-refractivity contribution in [3.05, 3.63) is 179 Å². The SMILES string of the molecule is CC(Cc1ccc2c(c1)C(=O)N(c1ccc(Oc3ccccc3)cc1)C2=O)(c1ccc2c(c1)C(=O)N(c1ccc(Oc3ccccc3)cc1)C2=O)C(F)(F)F. The molecule has 0 aliphatic carbocycles. The van der Waals surface area contributed by atoms with E-state index in [9.17, 15) is 19.2 Å². The summed E-state index contributed by atoms with van der Waals surface area (Å²) in [5, 5.41) is 0. The molecule has 2 aliphatic heterocycles. The molecule has 11 heteroatoms. The highest BCUT2D eigenvalue weighted by molar-refractivity contribution is 6.35. The summed E-state index contributed by atoms with van der Waals surface area (Å²) in [6, 6.07) is 38.2. The molecule has 0 radical (unpaired) electrons. The predicted octanol–water partition coefficient (Wildman–Crippen LogP) is 9.94. The zero-order valence-corrected chi connectivity index (χ0v) is 29.0. The molecule has 0 spiro atoms. The van der Waals surface area contributed by atoms with E-state index >= 15 is 13.2 Å². The van der Waals surface area contributed by atoms with Crippen molar-refractivity contribution in [3.63, 3.8) is 0 Å². The number of carbonyl (C=O) groups is 4. The van der Waals surface area contributed by atoms with Gasteiger partial charge in [-0.15, -0.1) is 0 Å². The number of alkyl halides is 3. The van der Waals surface area contributed by atoms with Gasteiger partial charge in [0, 0.05) is 0 Å². The molecule has 1 unspecified atom stereocenters. The molecule has 0 aromatic heterocycles. The molecule has 4 amide bonds. The van der Waals surface area contributed by atoms with Crippen LogP contribution >= 0.6 is 0 Å². The number of nitrogens with zero attached hydrogens (tertiary/aromatic N) is 2. The molecule has 6 aromatic rings. The summed E-state index contributed by atoms with van der Waals surface area (Å²) in [5.41, 5.74) is -2.28. The number of amides is 4. The lowest BCUT2D eigenvalue weighted by molar-refractivity contribution is -0.185. The number of ether oxygens (including phenoxy) is 2. The Labute approximate surface area is 313 Å². The van der Waals surface area contributed by atoms with Gasteiger partial charge in [-0.1, -0.05) is 48.5 Å². The van der Waals surface area contributed by atoms with Gasteiger partial charge < -0.3 is 9.47 Å². The van der Waals surface area contributed by atoms with Crippen molar-refractivity contribution in [1.82, 2.24) is 0 Å². The van der Waals surface area contributed by atoms with Crippen LogP contribution in [0, 0.1) is 0 Å². The van der Waals surface area contributed by atoms with Gasteiger partial charge in [0.2, 0.25) is 0 Å². The van der Waals surface area contributed by atoms with Crippen molar-refractivity contribution in [2.24, 2.45) is 0 Å². The Morgan fingerprint density at radius 1 is 0.473 bits per heavy atom. The average molecular weight is 739 g/mol. The lowest BCUT2D eigenvalue weighted by atomic mass is 9.75. The van der Waals surface area contributed by atoms with Crippen LogP contribution in [0.4, 0.5) is 24.5 Å². The van der Waals surface area contributed by atoms with Gasteiger partial charge in [0.15, 0.2) is 0 Å². The Bertz CT molecular complexity index is 2490. The van der Waals surface area contributed by atoms with Gasteiger partial charge in [-0.05, 0) is 122 Å². The highest BCUT2D eigenvalue weighted by Gasteiger charge is 2.53. The monoisotopic (exact) mass is 738 g/mol. The molecular weight excluding hydrogens is 709 g/mol. The minimum absolute atomic E-state index is 0.0238. The minimum Gasteiger partial charge on any atom is -0.457 e. The second kappa shape index (κ2) is 13.4. The lowest BCUT2D eigenvalue weighted by Gasteiger charge is -2.33. The Kier molecular flexibility index (Phi) is 8.56. The third-order valence-corrected chi connectivity index (χ3v) is 9.81. The molecule has 8 rings (SSSR count). The third-order valence-electron chi connectivity index (χ3n) is 9.81. The Balaban J connectivity index is 1.03. The standard InChI is InChI=1S/C44H29F3N2O6/c1-43(44(45,46)47,28-13-23-36-38(25-28)42(53)49(40(36)51)30-16-20-34(21-17-30)55-32-10-6-3-7-11-32)26-27-12-22-35-37(24-27)41(52)48(39(35)50)29-14-18-33(19-15-29)54-31-8-4-2-5-9-31/h2-25H,26H2,1H3. The maximum atomic E-state index is 15.1. The van der Waals surface area contributed by atoms with Crippen LogP contribution in [0.15, 0.2) is 146 Å². The van der Waals surface area contributed by atoms with Crippen molar-refractivity contribution in [2.75, 3.05) is 9.80 Å². The van der Waals surface area contributed by atoms with Crippen LogP contribution < -0.4 is 19.3 Å². The van der Waals surface area contributed by atoms with Crippen molar-refractivity contribution in [2.45, 2.75) is 24.9 Å². The summed E-state index contributed by atoms with van der Waals surface area (Å²) in [5.74, 6) is -0.564. The quantitative estimate of drug-likeness (QED) is 0.137. The molecule has 55 heavy (non-hydrogen) atoms. The van der Waals surface area contributed by atoms with Crippen LogP contribution in [0.5, 0.6) is 23.0 Å². The van der Waals surface area contributed by atoms with E-state index in [0.29, 0.717) is 23.0 Å². The number of benzene rings is 6. The van der Waals surface area contributed by atoms with E-state index in [1.165, 1.54) is 42.5 Å². The predicted molar refractivity (Wildman–Crippen MR) is 198 cm³/mol. The summed E-state index contributed by atoms with van der Waals surface area (Å²) in [7, 11) is 0. The number of fused-ring (bicyclic) bond motifs is 2. The fraction of sp³-hybridized carbons (Fsp3) is 0.0909. The molecule has 2 heterocycles. The van der Waals surface area contributed by atoms with Gasteiger partial charge in [0.25, 0.3) is 23.6 Å². The number of para-hydroxylation sites is 2. The zero-order chi connectivity index (χ0) is 38.5. The molecule has 0 bridgehead atoms. The summed E-state index contributed by atoms with van der Waals surface area (Å²) < 4.78 is 56.9. The van der Waals surface area contributed by atoms with Crippen LogP contribution in [0.25, 0.3) is 0 Å². The van der Waals surface area contributed by atoms with Crippen LogP contribution in [0.1, 0.15) is 59.5 Å². The molecule has 0 N–H and O–H groups in total. The molecule has 6 aromatic carbocycles. The Morgan fingerprint density at radius 3 is 1.33 bits per heavy atom. The Hall–Kier alpha value is -7.01. The normalized spacial score (nSPS) is 14.8. The molecule has 0 saturated carbocycles. The van der Waals surface area contributed by atoms with E-state index in [1.807, 2.05) is 36.4 Å². The first-order valence-electron chi connectivity index (χ1n) is 17.2. The number of rotatable bonds is 9. The maximum Gasteiger partial charge on any atom is 0.398 e. The van der Waals surface area contributed by atoms with Crippen LogP contribution in [0.2, 0.25) is 0 Å². The topological polar surface area (TPSA) is 93.2 Å². The van der Waals surface area contributed by atoms with Crippen LogP contribution in [-0.4, -0.2) is 29.8 Å². The molecule has 2 aliphatic rings. The van der Waals surface area contributed by atoms with Gasteiger partial charge in [0.1, 0.15) is 23.0 Å². The van der Waals surface area contributed by atoms with Gasteiger partial charge >= 0.3 is 6.18 Å². The van der Waals surface area contributed by atoms with E-state index in [1.54, 1.807) is 60.7 Å². The molecule has 8 nitrogen and oxygen atoms in total. The van der Waals surface area contributed by atoms with E-state index in [0.717, 1.165) is 22.8 Å². The maximum absolute atomic E-state index is 15.1. The highest BCUT2D eigenvalue weighted by atomic mass is 19.4. The van der Waals surface area contributed by atoms with E-state index in [-0.39, 0.29) is 44.8 Å². The number of hydrogen-bond donors (Lipinski definition) is 0. The van der Waals surface area contributed by atoms with E-state index in [4.69, 9.17) is 9.47 Å². The van der Waals surface area contributed by atoms with Crippen LogP contribution in [-0.2, 0) is 11.8 Å². The molecular formula is C44H29F3N2O6. The number of hydrogen-bond acceptors (Lipinski definition) is 6. The fourth-order valence-corrected chi connectivity index (χ4v) is 6.80. The largest absolute Gasteiger partial charge is 0.457 e. The highest BCUT2D eigenvalue weighted by Crippen LogP contribution is 2.45. The summed E-state index contributed by atoms with van der Waals surface area (Å²) in [4.78, 5) is 55.9. The van der Waals surface area contributed by atoms with Gasteiger partial charge in [-0.25, -0.2) is 9.80 Å². The van der Waals surface area contributed by atoms with Gasteiger partial charge in [-0.3, -0.25) is 19.2 Å². The van der Waals surface area contributed by atoms with Crippen molar-refractivity contribution in [3.8, 4) is 23.0 Å². The second-order valence-corrected chi connectivity index (χ2v) is 13.4. The van der Waals surface area contributed by atoms with Crippen LogP contribution in [0.3, 0.4) is 0 Å². The smallest absolute Gasteiger partial charge is 0.398 e. The Morgan fingerprint density at radius 2 is 0.873 bits per heavy atom. The van der Waals surface area contributed by atoms with E-state index in [2.05, 4.69) is 0 Å². The molecule has 0 saturated heterocycles. The van der Waals surface area contributed by atoms with Gasteiger partial charge in [0.05, 0.1) is 39.0 Å². The number of carbonyl (C=O) groups excluding carboxylic acids is 4. The molecule has 272 valence electrons. The first-order valence-corrected chi connectivity index (χ1v) is 17.2. The lowest BCUT2D eigenvalue weighted by Crippen LogP contribution is -2.41. The van der Waals surface area contributed by atoms with E-state index < -0.39 is 41.6 Å². The average Bonchev–Trinajstić information content (AvgIpc) is 3.58. The summed E-state index contributed by atoms with van der Waals surface area (Å²) in [6.07, 6.45) is -5.44. The first kappa shape index (κ1) is 35.0. The summed E-state index contributed by atoms with van der Waals surface area (Å²) in [6.45, 7) is 1.00. The second-order valence-electron chi connectivity index (χ2n) is 13.4.